The van der Waals surface area contributed by atoms with E-state index in [1.807, 2.05) is 0 Å². The molecule has 0 aliphatic carbocycles. The SMILES string of the molecule is CC(O)(CNC(=O)C(=O)Nc1cc(F)ccc1Cl)c1ccco1. The molecule has 0 fully saturated rings. The maximum atomic E-state index is 13.1. The highest BCUT2D eigenvalue weighted by Crippen LogP contribution is 2.22. The molecule has 3 N–H and O–H groups in total. The monoisotopic (exact) mass is 340 g/mol. The predicted octanol–water partition coefficient (Wildman–Crippen LogP) is 2.03. The van der Waals surface area contributed by atoms with Crippen LogP contribution in [0.4, 0.5) is 10.1 Å². The van der Waals surface area contributed by atoms with Crippen molar-refractivity contribution in [2.45, 2.75) is 12.5 Å². The lowest BCUT2D eigenvalue weighted by Gasteiger charge is -2.20. The van der Waals surface area contributed by atoms with Crippen molar-refractivity contribution in [2.75, 3.05) is 11.9 Å². The average Bonchev–Trinajstić information content (AvgIpc) is 3.03. The zero-order valence-corrected chi connectivity index (χ0v) is 12.9. The maximum absolute atomic E-state index is 13.1. The average molecular weight is 341 g/mol. The number of furan rings is 1. The van der Waals surface area contributed by atoms with Crippen LogP contribution in [0.15, 0.2) is 41.0 Å². The van der Waals surface area contributed by atoms with Crippen LogP contribution >= 0.6 is 11.6 Å². The summed E-state index contributed by atoms with van der Waals surface area (Å²) in [5.74, 6) is -2.40. The van der Waals surface area contributed by atoms with Crippen molar-refractivity contribution in [2.24, 2.45) is 0 Å². The molecule has 0 bridgehead atoms. The minimum Gasteiger partial charge on any atom is -0.466 e. The van der Waals surface area contributed by atoms with Gasteiger partial charge >= 0.3 is 11.8 Å². The van der Waals surface area contributed by atoms with E-state index in [1.54, 1.807) is 12.1 Å². The summed E-state index contributed by atoms with van der Waals surface area (Å²) in [4.78, 5) is 23.5. The smallest absolute Gasteiger partial charge is 0.313 e. The summed E-state index contributed by atoms with van der Waals surface area (Å²) >= 11 is 5.80. The molecule has 1 heterocycles. The second-order valence-corrected chi connectivity index (χ2v) is 5.42. The second-order valence-electron chi connectivity index (χ2n) is 5.01. The first kappa shape index (κ1) is 17.0. The second kappa shape index (κ2) is 6.80. The zero-order valence-electron chi connectivity index (χ0n) is 12.1. The standard InChI is InChI=1S/C15H14ClFN2O4/c1-15(22,12-3-2-6-23-12)8-18-13(20)14(21)19-11-7-9(17)4-5-10(11)16/h2-7,22H,8H2,1H3,(H,18,20)(H,19,21). The molecule has 1 aromatic carbocycles. The molecule has 122 valence electrons. The molecule has 2 rings (SSSR count). The van der Waals surface area contributed by atoms with Crippen molar-refractivity contribution < 1.29 is 23.5 Å². The summed E-state index contributed by atoms with van der Waals surface area (Å²) in [5, 5.41) is 14.7. The number of aliphatic hydroxyl groups is 1. The van der Waals surface area contributed by atoms with Crippen LogP contribution in [0.5, 0.6) is 0 Å². The molecule has 2 aromatic rings. The first-order chi connectivity index (χ1) is 10.8. The Morgan fingerprint density at radius 3 is 2.74 bits per heavy atom. The van der Waals surface area contributed by atoms with Gasteiger partial charge in [-0.15, -0.1) is 0 Å². The van der Waals surface area contributed by atoms with Crippen molar-refractivity contribution in [3.05, 3.63) is 53.2 Å². The first-order valence-electron chi connectivity index (χ1n) is 6.60. The molecule has 0 radical (unpaired) electrons. The van der Waals surface area contributed by atoms with E-state index in [4.69, 9.17) is 16.0 Å². The molecule has 23 heavy (non-hydrogen) atoms. The highest BCUT2D eigenvalue weighted by molar-refractivity contribution is 6.41. The van der Waals surface area contributed by atoms with Gasteiger partial charge in [-0.25, -0.2) is 4.39 Å². The third kappa shape index (κ3) is 4.30. The van der Waals surface area contributed by atoms with Gasteiger partial charge in [0.25, 0.3) is 0 Å². The number of rotatable bonds is 4. The van der Waals surface area contributed by atoms with Crippen molar-refractivity contribution in [1.82, 2.24) is 5.32 Å². The van der Waals surface area contributed by atoms with Gasteiger partial charge < -0.3 is 20.2 Å². The molecule has 1 unspecified atom stereocenters. The van der Waals surface area contributed by atoms with Gasteiger partial charge in [-0.2, -0.15) is 0 Å². The quantitative estimate of drug-likeness (QED) is 0.743. The van der Waals surface area contributed by atoms with Gasteiger partial charge in [0.15, 0.2) is 0 Å². The summed E-state index contributed by atoms with van der Waals surface area (Å²) < 4.78 is 18.2. The maximum Gasteiger partial charge on any atom is 0.313 e. The van der Waals surface area contributed by atoms with Crippen molar-refractivity contribution >= 4 is 29.1 Å². The van der Waals surface area contributed by atoms with Gasteiger partial charge in [-0.3, -0.25) is 9.59 Å². The summed E-state index contributed by atoms with van der Waals surface area (Å²) in [6, 6.07) is 6.50. The van der Waals surface area contributed by atoms with Crippen LogP contribution in [0, 0.1) is 5.82 Å². The van der Waals surface area contributed by atoms with Gasteiger partial charge in [0, 0.05) is 0 Å². The summed E-state index contributed by atoms with van der Waals surface area (Å²) in [5.41, 5.74) is -1.50. The number of hydrogen-bond donors (Lipinski definition) is 3. The fourth-order valence-electron chi connectivity index (χ4n) is 1.78. The third-order valence-corrected chi connectivity index (χ3v) is 3.36. The van der Waals surface area contributed by atoms with Crippen LogP contribution in [0.1, 0.15) is 12.7 Å². The molecule has 2 amide bonds. The largest absolute Gasteiger partial charge is 0.466 e. The van der Waals surface area contributed by atoms with Gasteiger partial charge in [0.2, 0.25) is 0 Å². The number of halogens is 2. The van der Waals surface area contributed by atoms with E-state index >= 15 is 0 Å². The molecule has 1 atom stereocenters. The van der Waals surface area contributed by atoms with E-state index in [-0.39, 0.29) is 23.0 Å². The Bertz CT molecular complexity index is 716. The van der Waals surface area contributed by atoms with E-state index in [9.17, 15) is 19.1 Å². The van der Waals surface area contributed by atoms with E-state index in [0.29, 0.717) is 0 Å². The van der Waals surface area contributed by atoms with Crippen molar-refractivity contribution in [1.29, 1.82) is 0 Å². The van der Waals surface area contributed by atoms with Gasteiger partial charge in [-0.05, 0) is 37.3 Å². The highest BCUT2D eigenvalue weighted by atomic mass is 35.5. The Labute approximate surface area is 136 Å². The molecule has 0 spiro atoms. The molecule has 0 saturated carbocycles. The first-order valence-corrected chi connectivity index (χ1v) is 6.98. The lowest BCUT2D eigenvalue weighted by atomic mass is 10.0. The Morgan fingerprint density at radius 2 is 2.09 bits per heavy atom. The van der Waals surface area contributed by atoms with Crippen molar-refractivity contribution in [3.63, 3.8) is 0 Å². The number of hydrogen-bond acceptors (Lipinski definition) is 4. The number of benzene rings is 1. The zero-order chi connectivity index (χ0) is 17.0. The molecule has 0 saturated heterocycles. The Hall–Kier alpha value is -2.38. The van der Waals surface area contributed by atoms with E-state index < -0.39 is 23.2 Å². The van der Waals surface area contributed by atoms with Crippen LogP contribution < -0.4 is 10.6 Å². The van der Waals surface area contributed by atoms with Crippen LogP contribution in [0.25, 0.3) is 0 Å². The van der Waals surface area contributed by atoms with E-state index in [0.717, 1.165) is 12.1 Å². The molecular formula is C15H14ClFN2O4. The predicted molar refractivity (Wildman–Crippen MR) is 81.3 cm³/mol. The third-order valence-electron chi connectivity index (χ3n) is 3.03. The molecule has 0 aliphatic heterocycles. The normalized spacial score (nSPS) is 13.2. The Kier molecular flexibility index (Phi) is 5.02. The minimum absolute atomic E-state index is 0.0235. The van der Waals surface area contributed by atoms with Gasteiger partial charge in [0.05, 0.1) is 23.5 Å². The molecular weight excluding hydrogens is 327 g/mol. The molecule has 1 aromatic heterocycles. The fraction of sp³-hybridized carbons (Fsp3) is 0.200. The topological polar surface area (TPSA) is 91.6 Å². The lowest BCUT2D eigenvalue weighted by molar-refractivity contribution is -0.136. The fourth-order valence-corrected chi connectivity index (χ4v) is 1.94. The number of carbonyl (C=O) groups is 2. The summed E-state index contributed by atoms with van der Waals surface area (Å²) in [6.45, 7) is 1.18. The summed E-state index contributed by atoms with van der Waals surface area (Å²) in [6.07, 6.45) is 1.38. The summed E-state index contributed by atoms with van der Waals surface area (Å²) in [7, 11) is 0. The van der Waals surface area contributed by atoms with Crippen LogP contribution in [-0.2, 0) is 15.2 Å². The van der Waals surface area contributed by atoms with Gasteiger partial charge in [0.1, 0.15) is 17.2 Å². The minimum atomic E-state index is -1.48. The molecule has 8 heteroatoms. The molecule has 6 nitrogen and oxygen atoms in total. The number of anilines is 1. The number of amides is 2. The lowest BCUT2D eigenvalue weighted by Crippen LogP contribution is -2.43. The van der Waals surface area contributed by atoms with E-state index in [2.05, 4.69) is 10.6 Å². The molecule has 0 aliphatic rings. The Balaban J connectivity index is 1.95. The van der Waals surface area contributed by atoms with Crippen molar-refractivity contribution in [3.8, 4) is 0 Å². The van der Waals surface area contributed by atoms with Crippen LogP contribution in [0.3, 0.4) is 0 Å². The van der Waals surface area contributed by atoms with Crippen LogP contribution in [0.2, 0.25) is 5.02 Å². The number of nitrogens with one attached hydrogen (secondary N) is 2. The van der Waals surface area contributed by atoms with Gasteiger partial charge in [-0.1, -0.05) is 11.6 Å². The Morgan fingerprint density at radius 1 is 1.35 bits per heavy atom. The highest BCUT2D eigenvalue weighted by Gasteiger charge is 2.28. The van der Waals surface area contributed by atoms with E-state index in [1.165, 1.54) is 19.3 Å². The number of carbonyl (C=O) groups excluding carboxylic acids is 2. The van der Waals surface area contributed by atoms with Crippen LogP contribution in [-0.4, -0.2) is 23.5 Å².